The number of hydrogen-bond donors (Lipinski definition) is 0. The van der Waals surface area contributed by atoms with Gasteiger partial charge in [0.05, 0.1) is 22.2 Å². The van der Waals surface area contributed by atoms with Gasteiger partial charge in [0.15, 0.2) is 5.16 Å². The minimum absolute atomic E-state index is 0.0396. The number of carbonyl (C=O) groups is 1. The van der Waals surface area contributed by atoms with Crippen LogP contribution in [0.5, 0.6) is 0 Å². The summed E-state index contributed by atoms with van der Waals surface area (Å²) in [5.41, 5.74) is 0.0534. The van der Waals surface area contributed by atoms with E-state index in [9.17, 15) is 27.2 Å². The molecule has 4 aromatic rings. The van der Waals surface area contributed by atoms with Crippen molar-refractivity contribution in [1.82, 2.24) is 14.5 Å². The molecule has 6 nitrogen and oxygen atoms in total. The molecule has 0 N–H and O–H groups in total. The zero-order valence-corrected chi connectivity index (χ0v) is 22.2. The molecule has 40 heavy (non-hydrogen) atoms. The second-order valence-corrected chi connectivity index (χ2v) is 10.4. The molecule has 0 bridgehead atoms. The van der Waals surface area contributed by atoms with Crippen molar-refractivity contribution in [3.63, 3.8) is 0 Å². The standard InChI is InChI=1S/C29H26F4N4O2S/c30-23-10-2-4-12-25(23)37-27(39)22-9-1-3-11-24(22)34-28(37)40-18-6-13-26(38)36-16-14-35(15-17-36)21-8-5-7-20(19-21)29(31,32)33/h1-5,7-12,19H,6,13-18H2. The summed E-state index contributed by atoms with van der Waals surface area (Å²) in [4.78, 5) is 34.3. The highest BCUT2D eigenvalue weighted by atomic mass is 32.2. The number of alkyl halides is 3. The van der Waals surface area contributed by atoms with E-state index in [0.29, 0.717) is 60.1 Å². The molecular weight excluding hydrogens is 544 g/mol. The second-order valence-electron chi connectivity index (χ2n) is 9.37. The number of hydrogen-bond acceptors (Lipinski definition) is 5. The predicted octanol–water partition coefficient (Wildman–Crippen LogP) is 5.76. The molecule has 1 saturated heterocycles. The number of halogens is 4. The molecule has 1 amide bonds. The molecule has 1 aliphatic heterocycles. The molecule has 1 aromatic heterocycles. The molecule has 1 aliphatic rings. The Morgan fingerprint density at radius 1 is 0.925 bits per heavy atom. The number of rotatable bonds is 7. The van der Waals surface area contributed by atoms with Crippen molar-refractivity contribution in [2.45, 2.75) is 24.2 Å². The van der Waals surface area contributed by atoms with E-state index in [2.05, 4.69) is 4.98 Å². The summed E-state index contributed by atoms with van der Waals surface area (Å²) in [5, 5.41) is 0.727. The van der Waals surface area contributed by atoms with Gasteiger partial charge in [-0.25, -0.2) is 9.37 Å². The molecule has 1 fully saturated rings. The van der Waals surface area contributed by atoms with Crippen LogP contribution in [0.25, 0.3) is 16.6 Å². The lowest BCUT2D eigenvalue weighted by atomic mass is 10.1. The van der Waals surface area contributed by atoms with Crippen molar-refractivity contribution in [1.29, 1.82) is 0 Å². The fourth-order valence-corrected chi connectivity index (χ4v) is 5.64. The van der Waals surface area contributed by atoms with Crippen LogP contribution in [0.4, 0.5) is 23.2 Å². The van der Waals surface area contributed by atoms with E-state index in [0.717, 1.165) is 12.1 Å². The van der Waals surface area contributed by atoms with Gasteiger partial charge in [0.1, 0.15) is 5.82 Å². The summed E-state index contributed by atoms with van der Waals surface area (Å²) in [6, 6.07) is 18.1. The Balaban J connectivity index is 1.20. The first-order valence-electron chi connectivity index (χ1n) is 12.8. The molecule has 5 rings (SSSR count). The molecule has 0 radical (unpaired) electrons. The van der Waals surface area contributed by atoms with E-state index in [1.165, 1.54) is 34.5 Å². The van der Waals surface area contributed by atoms with Crippen LogP contribution in [-0.4, -0.2) is 52.3 Å². The molecule has 0 aliphatic carbocycles. The normalized spacial score (nSPS) is 14.1. The van der Waals surface area contributed by atoms with E-state index < -0.39 is 17.6 Å². The van der Waals surface area contributed by atoms with Crippen LogP contribution in [0, 0.1) is 5.82 Å². The van der Waals surface area contributed by atoms with E-state index in [-0.39, 0.29) is 23.6 Å². The average Bonchev–Trinajstić information content (AvgIpc) is 2.96. The maximum absolute atomic E-state index is 14.6. The van der Waals surface area contributed by atoms with E-state index in [1.807, 2.05) is 4.90 Å². The molecular formula is C29H26F4N4O2S. The number of piperazine rings is 1. The van der Waals surface area contributed by atoms with Gasteiger partial charge < -0.3 is 9.80 Å². The van der Waals surface area contributed by atoms with Crippen molar-refractivity contribution in [2.75, 3.05) is 36.8 Å². The van der Waals surface area contributed by atoms with Crippen LogP contribution >= 0.6 is 11.8 Å². The summed E-state index contributed by atoms with van der Waals surface area (Å²) < 4.78 is 55.1. The number of amides is 1. The second kappa shape index (κ2) is 11.7. The van der Waals surface area contributed by atoms with Crippen molar-refractivity contribution in [2.24, 2.45) is 0 Å². The Labute approximate surface area is 232 Å². The van der Waals surface area contributed by atoms with Crippen molar-refractivity contribution >= 4 is 34.3 Å². The molecule has 0 saturated carbocycles. The largest absolute Gasteiger partial charge is 0.416 e. The first kappa shape index (κ1) is 27.7. The van der Waals surface area contributed by atoms with E-state index in [4.69, 9.17) is 0 Å². The molecule has 0 atom stereocenters. The monoisotopic (exact) mass is 570 g/mol. The van der Waals surface area contributed by atoms with Gasteiger partial charge >= 0.3 is 6.18 Å². The maximum Gasteiger partial charge on any atom is 0.416 e. The Hall–Kier alpha value is -3.86. The molecule has 0 spiro atoms. The highest BCUT2D eigenvalue weighted by Gasteiger charge is 2.31. The van der Waals surface area contributed by atoms with Gasteiger partial charge in [-0.3, -0.25) is 14.2 Å². The molecule has 0 unspecified atom stereocenters. The van der Waals surface area contributed by atoms with E-state index in [1.54, 1.807) is 47.4 Å². The summed E-state index contributed by atoms with van der Waals surface area (Å²) in [7, 11) is 0. The Kier molecular flexibility index (Phi) is 8.11. The number of thioether (sulfide) groups is 1. The number of anilines is 1. The van der Waals surface area contributed by atoms with Gasteiger partial charge in [-0.1, -0.05) is 42.1 Å². The van der Waals surface area contributed by atoms with Gasteiger partial charge in [0, 0.05) is 44.0 Å². The van der Waals surface area contributed by atoms with Crippen LogP contribution < -0.4 is 10.5 Å². The van der Waals surface area contributed by atoms with Gasteiger partial charge in [0.25, 0.3) is 5.56 Å². The third kappa shape index (κ3) is 5.99. The van der Waals surface area contributed by atoms with E-state index >= 15 is 0 Å². The number of nitrogens with zero attached hydrogens (tertiary/aromatic N) is 4. The SMILES string of the molecule is O=C(CCCSc1nc2ccccc2c(=O)n1-c1ccccc1F)N1CCN(c2cccc(C(F)(F)F)c2)CC1. The van der Waals surface area contributed by atoms with Crippen LogP contribution in [0.1, 0.15) is 18.4 Å². The third-order valence-corrected chi connectivity index (χ3v) is 7.80. The summed E-state index contributed by atoms with van der Waals surface area (Å²) in [6.45, 7) is 1.72. The zero-order valence-electron chi connectivity index (χ0n) is 21.4. The van der Waals surface area contributed by atoms with Crippen LogP contribution in [-0.2, 0) is 11.0 Å². The maximum atomic E-state index is 14.6. The number of aromatic nitrogens is 2. The lowest BCUT2D eigenvalue weighted by molar-refractivity contribution is -0.137. The minimum Gasteiger partial charge on any atom is -0.368 e. The highest BCUT2D eigenvalue weighted by molar-refractivity contribution is 7.99. The third-order valence-electron chi connectivity index (χ3n) is 6.78. The lowest BCUT2D eigenvalue weighted by Gasteiger charge is -2.36. The molecule has 3 aromatic carbocycles. The van der Waals surface area contributed by atoms with Crippen LogP contribution in [0.15, 0.2) is 82.7 Å². The summed E-state index contributed by atoms with van der Waals surface area (Å²) in [5.74, 6) is -0.0972. The number of para-hydroxylation sites is 2. The van der Waals surface area contributed by atoms with Gasteiger partial charge in [0.2, 0.25) is 5.91 Å². The van der Waals surface area contributed by atoms with Gasteiger partial charge in [-0.05, 0) is 48.9 Å². The summed E-state index contributed by atoms with van der Waals surface area (Å²) >= 11 is 1.28. The first-order chi connectivity index (χ1) is 19.2. The van der Waals surface area contributed by atoms with Gasteiger partial charge in [-0.15, -0.1) is 0 Å². The lowest BCUT2D eigenvalue weighted by Crippen LogP contribution is -2.48. The first-order valence-corrected chi connectivity index (χ1v) is 13.8. The van der Waals surface area contributed by atoms with Gasteiger partial charge in [-0.2, -0.15) is 13.2 Å². The number of carbonyl (C=O) groups excluding carboxylic acids is 1. The number of fused-ring (bicyclic) bond motifs is 1. The molecule has 2 heterocycles. The Morgan fingerprint density at radius 2 is 1.65 bits per heavy atom. The Bertz CT molecular complexity index is 1580. The predicted molar refractivity (Wildman–Crippen MR) is 147 cm³/mol. The number of benzene rings is 3. The molecule has 11 heteroatoms. The fourth-order valence-electron chi connectivity index (χ4n) is 4.69. The van der Waals surface area contributed by atoms with Crippen LogP contribution in [0.2, 0.25) is 0 Å². The van der Waals surface area contributed by atoms with Crippen molar-refractivity contribution in [3.8, 4) is 5.69 Å². The quantitative estimate of drug-likeness (QED) is 0.122. The average molecular weight is 571 g/mol. The topological polar surface area (TPSA) is 58.4 Å². The molecule has 208 valence electrons. The zero-order chi connectivity index (χ0) is 28.3. The smallest absolute Gasteiger partial charge is 0.368 e. The minimum atomic E-state index is -4.40. The van der Waals surface area contributed by atoms with Crippen molar-refractivity contribution in [3.05, 3.63) is 94.5 Å². The van der Waals surface area contributed by atoms with Crippen molar-refractivity contribution < 1.29 is 22.4 Å². The fraction of sp³-hybridized carbons (Fsp3) is 0.276. The van der Waals surface area contributed by atoms with Crippen LogP contribution in [0.3, 0.4) is 0 Å². The highest BCUT2D eigenvalue weighted by Crippen LogP contribution is 2.32. The Morgan fingerprint density at radius 3 is 2.40 bits per heavy atom. The summed E-state index contributed by atoms with van der Waals surface area (Å²) in [6.07, 6.45) is -3.62.